The van der Waals surface area contributed by atoms with E-state index in [0.29, 0.717) is 23.6 Å². The monoisotopic (exact) mass is 381 g/mol. The second kappa shape index (κ2) is 9.78. The molecule has 0 aliphatic carbocycles. The zero-order valence-corrected chi connectivity index (χ0v) is 16.2. The summed E-state index contributed by atoms with van der Waals surface area (Å²) >= 11 is 0. The number of carbonyl (C=O) groups is 2. The molecule has 2 aromatic rings. The summed E-state index contributed by atoms with van der Waals surface area (Å²) in [5.41, 5.74) is 2.04. The van der Waals surface area contributed by atoms with Crippen molar-refractivity contribution in [1.82, 2.24) is 4.90 Å². The molecule has 28 heavy (non-hydrogen) atoms. The number of amides is 2. The lowest BCUT2D eigenvalue weighted by atomic mass is 10.1. The van der Waals surface area contributed by atoms with Crippen molar-refractivity contribution in [2.24, 2.45) is 0 Å². The highest BCUT2D eigenvalue weighted by Gasteiger charge is 2.18. The van der Waals surface area contributed by atoms with Gasteiger partial charge in [0.05, 0.1) is 18.8 Å². The number of nitrogens with zero attached hydrogens (tertiary/aromatic N) is 1. The molecule has 0 bridgehead atoms. The highest BCUT2D eigenvalue weighted by atomic mass is 16.5. The Bertz CT molecular complexity index is 816. The molecule has 1 fully saturated rings. The Labute approximate surface area is 165 Å². The highest BCUT2D eigenvalue weighted by molar-refractivity contribution is 5.96. The molecule has 148 valence electrons. The number of piperidine rings is 1. The van der Waals surface area contributed by atoms with E-state index in [1.54, 1.807) is 12.1 Å². The normalized spacial score (nSPS) is 13.7. The average molecular weight is 381 g/mol. The van der Waals surface area contributed by atoms with Gasteiger partial charge in [-0.25, -0.2) is 0 Å². The summed E-state index contributed by atoms with van der Waals surface area (Å²) in [6.07, 6.45) is 3.31. The van der Waals surface area contributed by atoms with Crippen molar-refractivity contribution in [1.29, 1.82) is 0 Å². The molecule has 2 aromatic carbocycles. The van der Waals surface area contributed by atoms with Crippen LogP contribution in [0.3, 0.4) is 0 Å². The lowest BCUT2D eigenvalue weighted by Gasteiger charge is -2.26. The SMILES string of the molecule is CCOc1ccccc1NC(=O)CNc1cccc(C(=O)N2CCCCC2)c1. The number of para-hydroxylation sites is 2. The average Bonchev–Trinajstić information content (AvgIpc) is 2.74. The molecule has 0 saturated carbocycles. The first-order valence-corrected chi connectivity index (χ1v) is 9.82. The van der Waals surface area contributed by atoms with E-state index in [4.69, 9.17) is 4.74 Å². The predicted molar refractivity (Wildman–Crippen MR) is 111 cm³/mol. The fourth-order valence-corrected chi connectivity index (χ4v) is 3.27. The second-order valence-electron chi connectivity index (χ2n) is 6.76. The number of carbonyl (C=O) groups excluding carboxylic acids is 2. The standard InChI is InChI=1S/C22H27N3O3/c1-2-28-20-12-5-4-11-19(20)24-21(26)16-23-18-10-8-9-17(15-18)22(27)25-13-6-3-7-14-25/h4-5,8-12,15,23H,2-3,6-7,13-14,16H2,1H3,(H,24,26). The third kappa shape index (κ3) is 5.25. The molecule has 3 rings (SSSR count). The quantitative estimate of drug-likeness (QED) is 0.766. The van der Waals surface area contributed by atoms with Crippen molar-refractivity contribution in [2.75, 3.05) is 36.9 Å². The van der Waals surface area contributed by atoms with Crippen LogP contribution in [0.25, 0.3) is 0 Å². The molecule has 0 aromatic heterocycles. The van der Waals surface area contributed by atoms with Gasteiger partial charge in [-0.05, 0) is 56.5 Å². The molecule has 0 unspecified atom stereocenters. The third-order valence-corrected chi connectivity index (χ3v) is 4.67. The molecule has 2 N–H and O–H groups in total. The van der Waals surface area contributed by atoms with E-state index in [1.165, 1.54) is 6.42 Å². The molecule has 0 spiro atoms. The summed E-state index contributed by atoms with van der Waals surface area (Å²) in [5, 5.41) is 5.94. The number of hydrogen-bond acceptors (Lipinski definition) is 4. The molecule has 1 aliphatic rings. The molecule has 2 amide bonds. The number of hydrogen-bond donors (Lipinski definition) is 2. The van der Waals surface area contributed by atoms with Gasteiger partial charge in [0.15, 0.2) is 0 Å². The minimum atomic E-state index is -0.181. The summed E-state index contributed by atoms with van der Waals surface area (Å²) in [6.45, 7) is 4.17. The van der Waals surface area contributed by atoms with Gasteiger partial charge in [-0.2, -0.15) is 0 Å². The van der Waals surface area contributed by atoms with Crippen LogP contribution < -0.4 is 15.4 Å². The molecule has 6 nitrogen and oxygen atoms in total. The Balaban J connectivity index is 1.57. The number of benzene rings is 2. The maximum absolute atomic E-state index is 12.6. The summed E-state index contributed by atoms with van der Waals surface area (Å²) in [5.74, 6) is 0.519. The maximum Gasteiger partial charge on any atom is 0.253 e. The van der Waals surface area contributed by atoms with Crippen LogP contribution in [-0.4, -0.2) is 43.0 Å². The van der Waals surface area contributed by atoms with Crippen LogP contribution >= 0.6 is 0 Å². The molecule has 1 heterocycles. The minimum absolute atomic E-state index is 0.0541. The fraction of sp³-hybridized carbons (Fsp3) is 0.364. The lowest BCUT2D eigenvalue weighted by Crippen LogP contribution is -2.35. The first kappa shape index (κ1) is 19.7. The summed E-state index contributed by atoms with van der Waals surface area (Å²) in [4.78, 5) is 26.8. The van der Waals surface area contributed by atoms with Gasteiger partial charge in [-0.1, -0.05) is 18.2 Å². The summed E-state index contributed by atoms with van der Waals surface area (Å²) in [6, 6.07) is 14.7. The van der Waals surface area contributed by atoms with Crippen LogP contribution in [0.5, 0.6) is 5.75 Å². The number of nitrogens with one attached hydrogen (secondary N) is 2. The third-order valence-electron chi connectivity index (χ3n) is 4.67. The van der Waals surface area contributed by atoms with Gasteiger partial charge in [0.25, 0.3) is 5.91 Å². The fourth-order valence-electron chi connectivity index (χ4n) is 3.27. The van der Waals surface area contributed by atoms with Gasteiger partial charge in [-0.3, -0.25) is 9.59 Å². The lowest BCUT2D eigenvalue weighted by molar-refractivity contribution is -0.114. The molecule has 0 radical (unpaired) electrons. The number of ether oxygens (including phenoxy) is 1. The van der Waals surface area contributed by atoms with E-state index in [-0.39, 0.29) is 18.4 Å². The van der Waals surface area contributed by atoms with Crippen molar-refractivity contribution in [3.63, 3.8) is 0 Å². The number of anilines is 2. The van der Waals surface area contributed by atoms with E-state index in [9.17, 15) is 9.59 Å². The zero-order valence-electron chi connectivity index (χ0n) is 16.2. The van der Waals surface area contributed by atoms with Crippen LogP contribution in [0.2, 0.25) is 0 Å². The first-order chi connectivity index (χ1) is 13.7. The molecular formula is C22H27N3O3. The summed E-state index contributed by atoms with van der Waals surface area (Å²) in [7, 11) is 0. The first-order valence-electron chi connectivity index (χ1n) is 9.82. The van der Waals surface area contributed by atoms with Gasteiger partial charge in [0.2, 0.25) is 5.91 Å². The second-order valence-corrected chi connectivity index (χ2v) is 6.76. The molecule has 6 heteroatoms. The molecule has 0 atom stereocenters. The minimum Gasteiger partial charge on any atom is -0.492 e. The smallest absolute Gasteiger partial charge is 0.253 e. The molecule has 1 saturated heterocycles. The van der Waals surface area contributed by atoms with Crippen molar-refractivity contribution in [3.05, 3.63) is 54.1 Å². The van der Waals surface area contributed by atoms with Gasteiger partial charge in [0.1, 0.15) is 5.75 Å². The van der Waals surface area contributed by atoms with E-state index in [2.05, 4.69) is 10.6 Å². The van der Waals surface area contributed by atoms with E-state index >= 15 is 0 Å². The molecule has 1 aliphatic heterocycles. The Morgan fingerprint density at radius 2 is 1.82 bits per heavy atom. The van der Waals surface area contributed by atoms with Crippen LogP contribution in [0.1, 0.15) is 36.5 Å². The van der Waals surface area contributed by atoms with E-state index < -0.39 is 0 Å². The molecular weight excluding hydrogens is 354 g/mol. The van der Waals surface area contributed by atoms with E-state index in [0.717, 1.165) is 31.6 Å². The van der Waals surface area contributed by atoms with Crippen LogP contribution in [0.4, 0.5) is 11.4 Å². The van der Waals surface area contributed by atoms with Gasteiger partial charge >= 0.3 is 0 Å². The van der Waals surface area contributed by atoms with Crippen molar-refractivity contribution in [2.45, 2.75) is 26.2 Å². The highest BCUT2D eigenvalue weighted by Crippen LogP contribution is 2.23. The maximum atomic E-state index is 12.6. The van der Waals surface area contributed by atoms with Gasteiger partial charge in [0, 0.05) is 24.3 Å². The number of likely N-dealkylation sites (tertiary alicyclic amines) is 1. The predicted octanol–water partition coefficient (Wildman–Crippen LogP) is 3.76. The van der Waals surface area contributed by atoms with Crippen LogP contribution in [-0.2, 0) is 4.79 Å². The Kier molecular flexibility index (Phi) is 6.89. The van der Waals surface area contributed by atoms with Crippen LogP contribution in [0, 0.1) is 0 Å². The van der Waals surface area contributed by atoms with Crippen molar-refractivity contribution < 1.29 is 14.3 Å². The Morgan fingerprint density at radius 3 is 2.61 bits per heavy atom. The van der Waals surface area contributed by atoms with Crippen molar-refractivity contribution >= 4 is 23.2 Å². The van der Waals surface area contributed by atoms with E-state index in [1.807, 2.05) is 48.2 Å². The van der Waals surface area contributed by atoms with Gasteiger partial charge < -0.3 is 20.3 Å². The zero-order chi connectivity index (χ0) is 19.8. The van der Waals surface area contributed by atoms with Gasteiger partial charge in [-0.15, -0.1) is 0 Å². The Hall–Kier alpha value is -3.02. The van der Waals surface area contributed by atoms with Crippen molar-refractivity contribution in [3.8, 4) is 5.75 Å². The number of rotatable bonds is 7. The van der Waals surface area contributed by atoms with Crippen LogP contribution in [0.15, 0.2) is 48.5 Å². The Morgan fingerprint density at radius 1 is 1.04 bits per heavy atom. The topological polar surface area (TPSA) is 70.7 Å². The summed E-state index contributed by atoms with van der Waals surface area (Å²) < 4.78 is 5.52. The largest absolute Gasteiger partial charge is 0.492 e.